The van der Waals surface area contributed by atoms with Gasteiger partial charge < -0.3 is 19.5 Å². The summed E-state index contributed by atoms with van der Waals surface area (Å²) < 4.78 is 16.6. The molecule has 25 heavy (non-hydrogen) atoms. The van der Waals surface area contributed by atoms with Gasteiger partial charge in [-0.3, -0.25) is 9.59 Å². The van der Waals surface area contributed by atoms with E-state index in [4.69, 9.17) is 25.8 Å². The predicted octanol–water partition coefficient (Wildman–Crippen LogP) is 4.14. The molecule has 0 saturated heterocycles. The zero-order chi connectivity index (χ0) is 18.1. The molecule has 0 bridgehead atoms. The minimum atomic E-state index is -0.448. The van der Waals surface area contributed by atoms with E-state index >= 15 is 0 Å². The fraction of sp³-hybridized carbons (Fsp3) is 0.176. The van der Waals surface area contributed by atoms with Crippen LogP contribution in [0.5, 0.6) is 17.2 Å². The van der Waals surface area contributed by atoms with Gasteiger partial charge in [0.1, 0.15) is 5.75 Å². The van der Waals surface area contributed by atoms with Crippen molar-refractivity contribution in [1.82, 2.24) is 0 Å². The zero-order valence-corrected chi connectivity index (χ0v) is 16.2. The van der Waals surface area contributed by atoms with E-state index in [1.165, 1.54) is 20.1 Å². The minimum absolute atomic E-state index is 0.0740. The van der Waals surface area contributed by atoms with Crippen LogP contribution in [0, 0.1) is 3.57 Å². The van der Waals surface area contributed by atoms with Crippen molar-refractivity contribution < 1.29 is 23.8 Å². The molecular formula is C17H13ClINO5. The van der Waals surface area contributed by atoms with E-state index in [0.29, 0.717) is 33.5 Å². The first kappa shape index (κ1) is 17.8. The average Bonchev–Trinajstić information content (AvgIpc) is 3.03. The molecule has 0 spiro atoms. The van der Waals surface area contributed by atoms with E-state index in [0.717, 1.165) is 3.57 Å². The highest BCUT2D eigenvalue weighted by atomic mass is 127. The van der Waals surface area contributed by atoms with Crippen LogP contribution in [0.2, 0.25) is 5.02 Å². The normalized spacial score (nSPS) is 12.0. The first-order chi connectivity index (χ1) is 11.9. The van der Waals surface area contributed by atoms with Crippen LogP contribution >= 0.6 is 34.2 Å². The summed E-state index contributed by atoms with van der Waals surface area (Å²) >= 11 is 8.17. The second-order valence-corrected chi connectivity index (χ2v) is 6.80. The maximum absolute atomic E-state index is 12.7. The third kappa shape index (κ3) is 3.52. The highest BCUT2D eigenvalue weighted by molar-refractivity contribution is 14.1. The van der Waals surface area contributed by atoms with Crippen molar-refractivity contribution >= 4 is 51.6 Å². The number of ketones is 1. The van der Waals surface area contributed by atoms with Crippen molar-refractivity contribution in [3.63, 3.8) is 0 Å². The second kappa shape index (κ2) is 7.09. The molecule has 0 fully saturated rings. The van der Waals surface area contributed by atoms with Gasteiger partial charge in [0.05, 0.1) is 23.4 Å². The van der Waals surface area contributed by atoms with Crippen LogP contribution in [0.1, 0.15) is 27.6 Å². The van der Waals surface area contributed by atoms with Crippen LogP contribution in [0.15, 0.2) is 24.3 Å². The van der Waals surface area contributed by atoms with Gasteiger partial charge in [0.2, 0.25) is 6.79 Å². The van der Waals surface area contributed by atoms with Gasteiger partial charge in [-0.05, 0) is 47.7 Å². The lowest BCUT2D eigenvalue weighted by Crippen LogP contribution is -2.15. The largest absolute Gasteiger partial charge is 0.496 e. The Bertz CT molecular complexity index is 884. The van der Waals surface area contributed by atoms with Crippen LogP contribution in [0.4, 0.5) is 5.69 Å². The van der Waals surface area contributed by atoms with Gasteiger partial charge in [-0.15, -0.1) is 0 Å². The number of rotatable bonds is 4. The summed E-state index contributed by atoms with van der Waals surface area (Å²) in [7, 11) is 1.47. The number of halogens is 2. The molecule has 3 rings (SSSR count). The molecule has 0 aliphatic carbocycles. The Morgan fingerprint density at radius 3 is 2.48 bits per heavy atom. The molecule has 0 unspecified atom stereocenters. The molecule has 0 radical (unpaired) electrons. The van der Waals surface area contributed by atoms with Crippen molar-refractivity contribution in [2.75, 3.05) is 19.2 Å². The molecule has 1 N–H and O–H groups in total. The number of ether oxygens (including phenoxy) is 3. The van der Waals surface area contributed by atoms with Gasteiger partial charge in [0.25, 0.3) is 5.91 Å². The molecular weight excluding hydrogens is 461 g/mol. The number of amides is 1. The SMILES string of the molecule is COc1cc(I)c(Cl)cc1C(=O)Nc1cc2c(cc1C(C)=O)OCO2. The van der Waals surface area contributed by atoms with Gasteiger partial charge in [0, 0.05) is 15.2 Å². The number of hydrogen-bond donors (Lipinski definition) is 1. The van der Waals surface area contributed by atoms with Crippen molar-refractivity contribution in [3.8, 4) is 17.2 Å². The van der Waals surface area contributed by atoms with Gasteiger partial charge in [-0.1, -0.05) is 11.6 Å². The average molecular weight is 474 g/mol. The smallest absolute Gasteiger partial charge is 0.259 e. The Morgan fingerprint density at radius 1 is 1.16 bits per heavy atom. The standard InChI is InChI=1S/C17H13ClINO5/c1-8(21)9-4-15-16(25-7-24-15)6-13(9)20-17(22)10-3-11(18)12(19)5-14(10)23-2/h3-6H,7H2,1-2H3,(H,20,22). The summed E-state index contributed by atoms with van der Waals surface area (Å²) in [5.41, 5.74) is 0.923. The number of hydrogen-bond acceptors (Lipinski definition) is 5. The number of Topliss-reactive ketones (excluding diaryl/α,β-unsaturated/α-hetero) is 1. The van der Waals surface area contributed by atoms with E-state index in [1.807, 2.05) is 0 Å². The molecule has 8 heteroatoms. The topological polar surface area (TPSA) is 73.9 Å². The molecule has 1 heterocycles. The molecule has 0 aromatic heterocycles. The summed E-state index contributed by atoms with van der Waals surface area (Å²) in [6, 6.07) is 6.32. The summed E-state index contributed by atoms with van der Waals surface area (Å²) in [6.45, 7) is 1.49. The van der Waals surface area contributed by atoms with E-state index in [2.05, 4.69) is 27.9 Å². The van der Waals surface area contributed by atoms with E-state index in [-0.39, 0.29) is 18.1 Å². The van der Waals surface area contributed by atoms with Crippen molar-refractivity contribution in [1.29, 1.82) is 0 Å². The lowest BCUT2D eigenvalue weighted by molar-refractivity contribution is 0.101. The zero-order valence-electron chi connectivity index (χ0n) is 13.3. The van der Waals surface area contributed by atoms with Gasteiger partial charge in [-0.25, -0.2) is 0 Å². The van der Waals surface area contributed by atoms with E-state index in [9.17, 15) is 9.59 Å². The van der Waals surface area contributed by atoms with Gasteiger partial charge in [-0.2, -0.15) is 0 Å². The first-order valence-electron chi connectivity index (χ1n) is 7.19. The number of methoxy groups -OCH3 is 1. The number of carbonyl (C=O) groups is 2. The third-order valence-corrected chi connectivity index (χ3v) is 5.15. The summed E-state index contributed by atoms with van der Waals surface area (Å²) in [4.78, 5) is 24.6. The maximum Gasteiger partial charge on any atom is 0.259 e. The maximum atomic E-state index is 12.7. The monoisotopic (exact) mass is 473 g/mol. The Morgan fingerprint density at radius 2 is 1.84 bits per heavy atom. The molecule has 1 amide bonds. The number of anilines is 1. The molecule has 0 saturated carbocycles. The van der Waals surface area contributed by atoms with Crippen LogP contribution < -0.4 is 19.5 Å². The van der Waals surface area contributed by atoms with Crippen molar-refractivity contribution in [2.24, 2.45) is 0 Å². The number of fused-ring (bicyclic) bond motifs is 1. The molecule has 0 atom stereocenters. The van der Waals surface area contributed by atoms with Gasteiger partial charge >= 0.3 is 0 Å². The quantitative estimate of drug-likeness (QED) is 0.534. The van der Waals surface area contributed by atoms with Crippen molar-refractivity contribution in [3.05, 3.63) is 44.0 Å². The summed E-state index contributed by atoms with van der Waals surface area (Å²) in [5.74, 6) is 0.667. The van der Waals surface area contributed by atoms with Crippen LogP contribution in [0.25, 0.3) is 0 Å². The molecule has 6 nitrogen and oxygen atoms in total. The highest BCUT2D eigenvalue weighted by Gasteiger charge is 2.22. The molecule has 1 aliphatic rings. The highest BCUT2D eigenvalue weighted by Crippen LogP contribution is 2.38. The number of benzene rings is 2. The third-order valence-electron chi connectivity index (χ3n) is 3.63. The number of carbonyl (C=O) groups excluding carboxylic acids is 2. The molecule has 2 aromatic carbocycles. The Kier molecular flexibility index (Phi) is 5.05. The molecule has 130 valence electrons. The van der Waals surface area contributed by atoms with Crippen molar-refractivity contribution in [2.45, 2.75) is 6.92 Å². The Labute approximate surface area is 162 Å². The predicted molar refractivity (Wildman–Crippen MR) is 101 cm³/mol. The van der Waals surface area contributed by atoms with Gasteiger partial charge in [0.15, 0.2) is 17.3 Å². The summed E-state index contributed by atoms with van der Waals surface area (Å²) in [5, 5.41) is 3.16. The lowest BCUT2D eigenvalue weighted by atomic mass is 10.1. The van der Waals surface area contributed by atoms with Crippen LogP contribution in [-0.4, -0.2) is 25.6 Å². The second-order valence-electron chi connectivity index (χ2n) is 5.23. The summed E-state index contributed by atoms with van der Waals surface area (Å²) in [6.07, 6.45) is 0. The Balaban J connectivity index is 1.99. The molecule has 2 aromatic rings. The lowest BCUT2D eigenvalue weighted by Gasteiger charge is -2.13. The van der Waals surface area contributed by atoms with Crippen LogP contribution in [-0.2, 0) is 0 Å². The molecule has 1 aliphatic heterocycles. The fourth-order valence-corrected chi connectivity index (χ4v) is 3.00. The fourth-order valence-electron chi connectivity index (χ4n) is 2.40. The Hall–Kier alpha value is -2.00. The minimum Gasteiger partial charge on any atom is -0.496 e. The van der Waals surface area contributed by atoms with E-state index < -0.39 is 5.91 Å². The van der Waals surface area contributed by atoms with Crippen LogP contribution in [0.3, 0.4) is 0 Å². The first-order valence-corrected chi connectivity index (χ1v) is 8.65. The van der Waals surface area contributed by atoms with E-state index in [1.54, 1.807) is 18.2 Å². The number of nitrogens with one attached hydrogen (secondary N) is 1.